The van der Waals surface area contributed by atoms with Gasteiger partial charge in [-0.1, -0.05) is 26.2 Å². The zero-order valence-corrected chi connectivity index (χ0v) is 11.0. The molecule has 0 aromatic rings. The number of piperidine rings is 1. The van der Waals surface area contributed by atoms with Crippen LogP contribution in [-0.2, 0) is 4.79 Å². The highest BCUT2D eigenvalue weighted by molar-refractivity contribution is 5.81. The Morgan fingerprint density at radius 2 is 2.12 bits per heavy atom. The number of hydrogen-bond donors (Lipinski definition) is 2. The van der Waals surface area contributed by atoms with Gasteiger partial charge in [-0.2, -0.15) is 0 Å². The van der Waals surface area contributed by atoms with E-state index in [2.05, 4.69) is 17.6 Å². The summed E-state index contributed by atoms with van der Waals surface area (Å²) in [6, 6.07) is 0.0645. The lowest BCUT2D eigenvalue weighted by Gasteiger charge is -2.28. The highest BCUT2D eigenvalue weighted by Crippen LogP contribution is 2.33. The fraction of sp³-hybridized carbons (Fsp3) is 0.929. The molecule has 1 amide bonds. The van der Waals surface area contributed by atoms with Crippen LogP contribution in [0.5, 0.6) is 0 Å². The first kappa shape index (κ1) is 12.9. The number of hydrogen-bond acceptors (Lipinski definition) is 2. The smallest absolute Gasteiger partial charge is 0.237 e. The molecule has 0 aromatic heterocycles. The fourth-order valence-corrected chi connectivity index (χ4v) is 2.70. The molecular formula is C14H26N2O. The van der Waals surface area contributed by atoms with Gasteiger partial charge < -0.3 is 10.6 Å². The molecule has 1 aliphatic carbocycles. The molecule has 2 rings (SSSR count). The predicted octanol–water partition coefficient (Wildman–Crippen LogP) is 2.07. The van der Waals surface area contributed by atoms with Crippen molar-refractivity contribution >= 4 is 5.91 Å². The van der Waals surface area contributed by atoms with Crippen LogP contribution in [0, 0.1) is 11.8 Å². The minimum Gasteiger partial charge on any atom is -0.355 e. The van der Waals surface area contributed by atoms with Gasteiger partial charge in [0.1, 0.15) is 0 Å². The molecule has 1 aliphatic heterocycles. The summed E-state index contributed by atoms with van der Waals surface area (Å²) < 4.78 is 0. The van der Waals surface area contributed by atoms with Gasteiger partial charge in [-0.05, 0) is 44.1 Å². The summed E-state index contributed by atoms with van der Waals surface area (Å²) >= 11 is 0. The third-order valence-electron chi connectivity index (χ3n) is 4.19. The molecule has 3 nitrogen and oxygen atoms in total. The zero-order chi connectivity index (χ0) is 12.1. The average Bonchev–Trinajstić information content (AvgIpc) is 3.18. The molecule has 17 heavy (non-hydrogen) atoms. The van der Waals surface area contributed by atoms with E-state index in [9.17, 15) is 4.79 Å². The fourth-order valence-electron chi connectivity index (χ4n) is 2.70. The minimum absolute atomic E-state index is 0.0645. The average molecular weight is 238 g/mol. The van der Waals surface area contributed by atoms with Crippen molar-refractivity contribution in [3.8, 4) is 0 Å². The number of amides is 1. The Kier molecular flexibility index (Phi) is 4.84. The summed E-state index contributed by atoms with van der Waals surface area (Å²) in [7, 11) is 0. The van der Waals surface area contributed by atoms with Crippen LogP contribution in [0.3, 0.4) is 0 Å². The number of carbonyl (C=O) groups is 1. The molecule has 1 saturated carbocycles. The van der Waals surface area contributed by atoms with Gasteiger partial charge in [-0.25, -0.2) is 0 Å². The standard InChI is InChI=1S/C14H26N2O/c1-2-11-7-9-15-13(10-11)14(17)16-8-3-4-12-5-6-12/h11-13,15H,2-10H2,1H3,(H,16,17). The largest absolute Gasteiger partial charge is 0.355 e. The van der Waals surface area contributed by atoms with Crippen LogP contribution in [-0.4, -0.2) is 25.0 Å². The molecule has 1 heterocycles. The SMILES string of the molecule is CCC1CCNC(C(=O)NCCCC2CC2)C1. The normalized spacial score (nSPS) is 29.0. The van der Waals surface area contributed by atoms with Crippen LogP contribution >= 0.6 is 0 Å². The lowest BCUT2D eigenvalue weighted by molar-refractivity contribution is -0.124. The molecule has 0 aromatic carbocycles. The van der Waals surface area contributed by atoms with Gasteiger partial charge in [0.05, 0.1) is 6.04 Å². The van der Waals surface area contributed by atoms with Crippen molar-refractivity contribution in [2.45, 2.75) is 57.9 Å². The Hall–Kier alpha value is -0.570. The topological polar surface area (TPSA) is 41.1 Å². The van der Waals surface area contributed by atoms with Crippen molar-refractivity contribution in [2.24, 2.45) is 11.8 Å². The molecule has 2 N–H and O–H groups in total. The van der Waals surface area contributed by atoms with Crippen LogP contribution in [0.15, 0.2) is 0 Å². The maximum atomic E-state index is 11.9. The second-order valence-electron chi connectivity index (χ2n) is 5.68. The van der Waals surface area contributed by atoms with Gasteiger partial charge in [0.25, 0.3) is 0 Å². The number of rotatable bonds is 6. The van der Waals surface area contributed by atoms with E-state index in [1.165, 1.54) is 32.1 Å². The highest BCUT2D eigenvalue weighted by atomic mass is 16.2. The number of nitrogens with one attached hydrogen (secondary N) is 2. The van der Waals surface area contributed by atoms with Crippen molar-refractivity contribution in [1.82, 2.24) is 10.6 Å². The molecule has 2 aliphatic rings. The van der Waals surface area contributed by atoms with Gasteiger partial charge >= 0.3 is 0 Å². The van der Waals surface area contributed by atoms with Gasteiger partial charge in [-0.3, -0.25) is 4.79 Å². The summed E-state index contributed by atoms with van der Waals surface area (Å²) in [6.07, 6.45) is 8.73. The van der Waals surface area contributed by atoms with Gasteiger partial charge in [0, 0.05) is 6.54 Å². The molecular weight excluding hydrogens is 212 g/mol. The van der Waals surface area contributed by atoms with E-state index in [1.807, 2.05) is 0 Å². The highest BCUT2D eigenvalue weighted by Gasteiger charge is 2.25. The van der Waals surface area contributed by atoms with Gasteiger partial charge in [-0.15, -0.1) is 0 Å². The van der Waals surface area contributed by atoms with Crippen molar-refractivity contribution in [1.29, 1.82) is 0 Å². The molecule has 0 bridgehead atoms. The Morgan fingerprint density at radius 3 is 2.82 bits per heavy atom. The van der Waals surface area contributed by atoms with E-state index in [0.717, 1.165) is 37.8 Å². The van der Waals surface area contributed by atoms with E-state index >= 15 is 0 Å². The summed E-state index contributed by atoms with van der Waals surface area (Å²) in [6.45, 7) is 4.09. The molecule has 2 atom stereocenters. The maximum Gasteiger partial charge on any atom is 0.237 e. The first-order valence-electron chi connectivity index (χ1n) is 7.30. The van der Waals surface area contributed by atoms with Crippen LogP contribution in [0.4, 0.5) is 0 Å². The molecule has 3 heteroatoms. The van der Waals surface area contributed by atoms with E-state index in [4.69, 9.17) is 0 Å². The molecule has 1 saturated heterocycles. The third-order valence-corrected chi connectivity index (χ3v) is 4.19. The first-order valence-corrected chi connectivity index (χ1v) is 7.30. The zero-order valence-electron chi connectivity index (χ0n) is 11.0. The molecule has 2 fully saturated rings. The van der Waals surface area contributed by atoms with E-state index in [-0.39, 0.29) is 11.9 Å². The third kappa shape index (κ3) is 4.30. The second-order valence-corrected chi connectivity index (χ2v) is 5.68. The Morgan fingerprint density at radius 1 is 1.29 bits per heavy atom. The summed E-state index contributed by atoms with van der Waals surface area (Å²) in [5.41, 5.74) is 0. The number of carbonyl (C=O) groups excluding carboxylic acids is 1. The molecule has 0 spiro atoms. The summed E-state index contributed by atoms with van der Waals surface area (Å²) in [5, 5.41) is 6.41. The summed E-state index contributed by atoms with van der Waals surface area (Å²) in [4.78, 5) is 11.9. The molecule has 98 valence electrons. The Bertz CT molecular complexity index is 251. The quantitative estimate of drug-likeness (QED) is 0.696. The van der Waals surface area contributed by atoms with E-state index in [1.54, 1.807) is 0 Å². The molecule has 0 radical (unpaired) electrons. The maximum absolute atomic E-state index is 11.9. The second kappa shape index (κ2) is 6.39. The van der Waals surface area contributed by atoms with E-state index in [0.29, 0.717) is 0 Å². The predicted molar refractivity (Wildman–Crippen MR) is 69.8 cm³/mol. The van der Waals surface area contributed by atoms with Crippen LogP contribution in [0.1, 0.15) is 51.9 Å². The monoisotopic (exact) mass is 238 g/mol. The van der Waals surface area contributed by atoms with Crippen LogP contribution < -0.4 is 10.6 Å². The van der Waals surface area contributed by atoms with Crippen molar-refractivity contribution in [3.63, 3.8) is 0 Å². The van der Waals surface area contributed by atoms with Crippen molar-refractivity contribution in [3.05, 3.63) is 0 Å². The Balaban J connectivity index is 1.60. The molecule has 2 unspecified atom stereocenters. The van der Waals surface area contributed by atoms with Gasteiger partial charge in [0.2, 0.25) is 5.91 Å². The van der Waals surface area contributed by atoms with Crippen molar-refractivity contribution < 1.29 is 4.79 Å². The Labute approximate surface area is 105 Å². The lowest BCUT2D eigenvalue weighted by Crippen LogP contribution is -2.48. The van der Waals surface area contributed by atoms with E-state index < -0.39 is 0 Å². The minimum atomic E-state index is 0.0645. The van der Waals surface area contributed by atoms with Crippen LogP contribution in [0.2, 0.25) is 0 Å². The first-order chi connectivity index (χ1) is 8.29. The van der Waals surface area contributed by atoms with Gasteiger partial charge in [0.15, 0.2) is 0 Å². The lowest BCUT2D eigenvalue weighted by atomic mass is 9.90. The van der Waals surface area contributed by atoms with Crippen LogP contribution in [0.25, 0.3) is 0 Å². The summed E-state index contributed by atoms with van der Waals surface area (Å²) in [5.74, 6) is 1.93. The van der Waals surface area contributed by atoms with Crippen molar-refractivity contribution in [2.75, 3.05) is 13.1 Å².